The first-order chi connectivity index (χ1) is 9.51. The maximum absolute atomic E-state index is 13.7. The lowest BCUT2D eigenvalue weighted by Crippen LogP contribution is -2.06. The molecule has 2 rings (SSSR count). The molecule has 106 valence electrons. The van der Waals surface area contributed by atoms with Gasteiger partial charge in [-0.05, 0) is 30.2 Å². The Kier molecular flexibility index (Phi) is 4.68. The summed E-state index contributed by atoms with van der Waals surface area (Å²) in [5.74, 6) is -1.48. The second-order valence-corrected chi connectivity index (χ2v) is 4.93. The van der Waals surface area contributed by atoms with Crippen LogP contribution < -0.4 is 0 Å². The fourth-order valence-electron chi connectivity index (χ4n) is 1.89. The van der Waals surface area contributed by atoms with Gasteiger partial charge in [-0.2, -0.15) is 0 Å². The number of pyridine rings is 1. The molecule has 20 heavy (non-hydrogen) atoms. The molecule has 0 aliphatic carbocycles. The van der Waals surface area contributed by atoms with Gasteiger partial charge in [0.25, 0.3) is 0 Å². The number of aromatic nitrogens is 1. The van der Waals surface area contributed by atoms with Crippen molar-refractivity contribution >= 4 is 11.6 Å². The van der Waals surface area contributed by atoms with Crippen molar-refractivity contribution in [1.82, 2.24) is 4.98 Å². The molecule has 1 aromatic heterocycles. The number of hydrogen-bond donors (Lipinski definition) is 1. The molecular weight excluding hydrogens is 284 g/mol. The number of aryl methyl sites for hydroxylation is 1. The minimum Gasteiger partial charge on any atom is -0.388 e. The molecule has 0 saturated carbocycles. The van der Waals surface area contributed by atoms with Gasteiger partial charge in [-0.25, -0.2) is 8.78 Å². The Balaban J connectivity index is 2.18. The first-order valence-electron chi connectivity index (χ1n) is 6.27. The average molecular weight is 298 g/mol. The van der Waals surface area contributed by atoms with Crippen molar-refractivity contribution in [3.8, 4) is 0 Å². The van der Waals surface area contributed by atoms with Crippen LogP contribution in [-0.2, 0) is 12.8 Å². The summed E-state index contributed by atoms with van der Waals surface area (Å²) >= 11 is 5.48. The third kappa shape index (κ3) is 3.32. The molecule has 0 spiro atoms. The number of benzene rings is 1. The molecule has 1 N–H and O–H groups in total. The molecule has 5 heteroatoms. The predicted octanol–water partition coefficient (Wildman–Crippen LogP) is 3.85. The summed E-state index contributed by atoms with van der Waals surface area (Å²) in [5, 5.41) is 9.70. The molecule has 1 aromatic carbocycles. The second-order valence-electron chi connectivity index (χ2n) is 4.52. The van der Waals surface area contributed by atoms with E-state index in [2.05, 4.69) is 4.98 Å². The molecule has 1 unspecified atom stereocenters. The first kappa shape index (κ1) is 14.9. The summed E-state index contributed by atoms with van der Waals surface area (Å²) in [6.45, 7) is 2.01. The molecule has 0 radical (unpaired) electrons. The van der Waals surface area contributed by atoms with E-state index in [0.717, 1.165) is 24.1 Å². The highest BCUT2D eigenvalue weighted by Gasteiger charge is 2.17. The van der Waals surface area contributed by atoms with Gasteiger partial charge >= 0.3 is 0 Å². The Hall–Kier alpha value is -1.52. The van der Waals surface area contributed by atoms with Crippen LogP contribution in [0.25, 0.3) is 0 Å². The number of aliphatic hydroxyl groups is 1. The van der Waals surface area contributed by atoms with Crippen LogP contribution in [0.3, 0.4) is 0 Å². The van der Waals surface area contributed by atoms with Crippen LogP contribution in [0.1, 0.15) is 29.8 Å². The molecule has 0 aliphatic rings. The summed E-state index contributed by atoms with van der Waals surface area (Å²) in [6, 6.07) is 5.45. The van der Waals surface area contributed by atoms with Gasteiger partial charge in [-0.1, -0.05) is 24.6 Å². The lowest BCUT2D eigenvalue weighted by atomic mass is 10.0. The van der Waals surface area contributed by atoms with Gasteiger partial charge in [-0.3, -0.25) is 4.98 Å². The highest BCUT2D eigenvalue weighted by Crippen LogP contribution is 2.25. The summed E-state index contributed by atoms with van der Waals surface area (Å²) in [7, 11) is 0. The van der Waals surface area contributed by atoms with Crippen LogP contribution in [0.5, 0.6) is 0 Å². The second kappa shape index (κ2) is 6.29. The van der Waals surface area contributed by atoms with E-state index >= 15 is 0 Å². The molecule has 1 atom stereocenters. The monoisotopic (exact) mass is 297 g/mol. The van der Waals surface area contributed by atoms with Gasteiger partial charge in [0.05, 0.1) is 11.1 Å². The number of halogens is 3. The van der Waals surface area contributed by atoms with E-state index in [-0.39, 0.29) is 17.0 Å². The number of aliphatic hydroxyl groups excluding tert-OH is 1. The lowest BCUT2D eigenvalue weighted by molar-refractivity contribution is 0.172. The quantitative estimate of drug-likeness (QED) is 0.870. The van der Waals surface area contributed by atoms with Crippen LogP contribution >= 0.6 is 11.6 Å². The van der Waals surface area contributed by atoms with Gasteiger partial charge < -0.3 is 5.11 Å². The maximum Gasteiger partial charge on any atom is 0.142 e. The molecule has 1 heterocycles. The molecule has 2 nitrogen and oxygen atoms in total. The lowest BCUT2D eigenvalue weighted by Gasteiger charge is -2.12. The highest BCUT2D eigenvalue weighted by molar-refractivity contribution is 6.30. The molecular formula is C15H14ClF2NO. The fraction of sp³-hybridized carbons (Fsp3) is 0.267. The van der Waals surface area contributed by atoms with E-state index in [1.165, 1.54) is 0 Å². The Morgan fingerprint density at radius 1 is 1.25 bits per heavy atom. The highest BCUT2D eigenvalue weighted by atomic mass is 35.5. The molecule has 2 aromatic rings. The zero-order valence-electron chi connectivity index (χ0n) is 10.9. The van der Waals surface area contributed by atoms with Gasteiger partial charge in [0.15, 0.2) is 0 Å². The van der Waals surface area contributed by atoms with Gasteiger partial charge in [0.2, 0.25) is 0 Å². The predicted molar refractivity (Wildman–Crippen MR) is 73.6 cm³/mol. The molecule has 0 bridgehead atoms. The summed E-state index contributed by atoms with van der Waals surface area (Å²) in [5.41, 5.74) is 1.57. The van der Waals surface area contributed by atoms with E-state index in [1.54, 1.807) is 12.3 Å². The molecule has 0 amide bonds. The van der Waals surface area contributed by atoms with Crippen molar-refractivity contribution in [1.29, 1.82) is 0 Å². The molecule has 0 aliphatic heterocycles. The van der Waals surface area contributed by atoms with Crippen molar-refractivity contribution < 1.29 is 13.9 Å². The van der Waals surface area contributed by atoms with Gasteiger partial charge in [0.1, 0.15) is 11.6 Å². The number of nitrogens with zero attached hydrogens (tertiary/aromatic N) is 1. The van der Waals surface area contributed by atoms with Crippen LogP contribution in [0, 0.1) is 11.6 Å². The maximum atomic E-state index is 13.7. The van der Waals surface area contributed by atoms with E-state index < -0.39 is 17.7 Å². The smallest absolute Gasteiger partial charge is 0.142 e. The third-order valence-electron chi connectivity index (χ3n) is 3.10. The Labute approximate surface area is 121 Å². The van der Waals surface area contributed by atoms with Crippen LogP contribution in [0.15, 0.2) is 30.5 Å². The summed E-state index contributed by atoms with van der Waals surface area (Å²) in [6.07, 6.45) is 1.53. The Morgan fingerprint density at radius 2 is 2.00 bits per heavy atom. The van der Waals surface area contributed by atoms with E-state index in [1.807, 2.05) is 13.0 Å². The molecule has 0 saturated heterocycles. The van der Waals surface area contributed by atoms with Crippen molar-refractivity contribution in [2.24, 2.45) is 0 Å². The van der Waals surface area contributed by atoms with Crippen molar-refractivity contribution in [3.63, 3.8) is 0 Å². The van der Waals surface area contributed by atoms with Crippen LogP contribution in [0.4, 0.5) is 8.78 Å². The van der Waals surface area contributed by atoms with Crippen LogP contribution in [0.2, 0.25) is 5.02 Å². The zero-order chi connectivity index (χ0) is 14.7. The standard InChI is InChI=1S/C15H14ClF2NO/c1-2-9-3-4-10(19-8-9)5-15(20)11-6-14(18)12(16)7-13(11)17/h3-4,6-8,15,20H,2,5H2,1H3. The summed E-state index contributed by atoms with van der Waals surface area (Å²) < 4.78 is 27.0. The Morgan fingerprint density at radius 3 is 2.60 bits per heavy atom. The van der Waals surface area contributed by atoms with E-state index in [0.29, 0.717) is 5.69 Å². The number of rotatable bonds is 4. The van der Waals surface area contributed by atoms with Crippen LogP contribution in [-0.4, -0.2) is 10.1 Å². The SMILES string of the molecule is CCc1ccc(CC(O)c2cc(F)c(Cl)cc2F)nc1. The first-order valence-corrected chi connectivity index (χ1v) is 6.65. The van der Waals surface area contributed by atoms with Gasteiger partial charge in [-0.15, -0.1) is 0 Å². The fourth-order valence-corrected chi connectivity index (χ4v) is 2.04. The Bertz CT molecular complexity index is 602. The average Bonchev–Trinajstić information content (AvgIpc) is 2.43. The third-order valence-corrected chi connectivity index (χ3v) is 3.38. The largest absolute Gasteiger partial charge is 0.388 e. The number of hydrogen-bond acceptors (Lipinski definition) is 2. The van der Waals surface area contributed by atoms with E-state index in [9.17, 15) is 13.9 Å². The zero-order valence-corrected chi connectivity index (χ0v) is 11.7. The molecule has 0 fully saturated rings. The van der Waals surface area contributed by atoms with Crippen molar-refractivity contribution in [2.45, 2.75) is 25.9 Å². The minimum atomic E-state index is -1.17. The van der Waals surface area contributed by atoms with Crippen molar-refractivity contribution in [3.05, 3.63) is 63.9 Å². The topological polar surface area (TPSA) is 33.1 Å². The normalized spacial score (nSPS) is 12.4. The van der Waals surface area contributed by atoms with Gasteiger partial charge in [0, 0.05) is 23.9 Å². The summed E-state index contributed by atoms with van der Waals surface area (Å²) in [4.78, 5) is 4.18. The minimum absolute atomic E-state index is 0.113. The van der Waals surface area contributed by atoms with Crippen molar-refractivity contribution in [2.75, 3.05) is 0 Å². The van der Waals surface area contributed by atoms with E-state index in [4.69, 9.17) is 11.6 Å².